The number of hydrogen-bond donors (Lipinski definition) is 2. The first-order valence-corrected chi connectivity index (χ1v) is 5.27. The van der Waals surface area contributed by atoms with Gasteiger partial charge < -0.3 is 10.2 Å². The van der Waals surface area contributed by atoms with Crippen LogP contribution in [0.5, 0.6) is 0 Å². The van der Waals surface area contributed by atoms with E-state index in [1.54, 1.807) is 0 Å². The second kappa shape index (κ2) is 6.66. The molecular weight excluding hydrogens is 258 g/mol. The number of azide groups is 1. The van der Waals surface area contributed by atoms with Gasteiger partial charge in [-0.3, -0.25) is 0 Å². The summed E-state index contributed by atoms with van der Waals surface area (Å²) in [7, 11) is 0. The Hall–Kier alpha value is -2.20. The number of benzene rings is 1. The fraction of sp³-hybridized carbons (Fsp3) is 0.364. The maximum atomic E-state index is 13.5. The van der Waals surface area contributed by atoms with E-state index in [1.165, 1.54) is 6.07 Å². The maximum absolute atomic E-state index is 13.5. The SMILES string of the molecule is N#Cc1cc(F)c(C(O)C(O)CCN=[N+]=[N-])cc1F. The minimum absolute atomic E-state index is 0.0882. The highest BCUT2D eigenvalue weighted by molar-refractivity contribution is 5.35. The molecule has 8 heteroatoms. The lowest BCUT2D eigenvalue weighted by Crippen LogP contribution is -2.20. The lowest BCUT2D eigenvalue weighted by atomic mass is 10.00. The highest BCUT2D eigenvalue weighted by atomic mass is 19.1. The molecular formula is C11H10F2N4O2. The molecule has 1 rings (SSSR count). The zero-order valence-electron chi connectivity index (χ0n) is 9.66. The van der Waals surface area contributed by atoms with Crippen LogP contribution in [0.2, 0.25) is 0 Å². The van der Waals surface area contributed by atoms with Crippen molar-refractivity contribution in [2.24, 2.45) is 5.11 Å². The Labute approximate surface area is 107 Å². The Balaban J connectivity index is 2.93. The molecule has 0 saturated carbocycles. The lowest BCUT2D eigenvalue weighted by Gasteiger charge is -2.18. The fourth-order valence-corrected chi connectivity index (χ4v) is 1.47. The summed E-state index contributed by atoms with van der Waals surface area (Å²) in [6, 6.07) is 2.77. The number of halogens is 2. The molecule has 1 aromatic carbocycles. The van der Waals surface area contributed by atoms with Crippen LogP contribution in [-0.4, -0.2) is 22.9 Å². The maximum Gasteiger partial charge on any atom is 0.141 e. The standard InChI is InChI=1S/C11H10F2N4O2/c12-8-4-7(9(13)3-6(8)5-14)11(19)10(18)1-2-16-17-15/h3-4,10-11,18-19H,1-2H2. The van der Waals surface area contributed by atoms with Crippen molar-refractivity contribution >= 4 is 0 Å². The summed E-state index contributed by atoms with van der Waals surface area (Å²) in [4.78, 5) is 2.46. The van der Waals surface area contributed by atoms with Gasteiger partial charge in [0.15, 0.2) is 0 Å². The lowest BCUT2D eigenvalue weighted by molar-refractivity contribution is 0.0128. The summed E-state index contributed by atoms with van der Waals surface area (Å²) in [5.74, 6) is -1.98. The van der Waals surface area contributed by atoms with Gasteiger partial charge in [0.1, 0.15) is 23.8 Å². The van der Waals surface area contributed by atoms with Crippen LogP contribution in [0, 0.1) is 23.0 Å². The summed E-state index contributed by atoms with van der Waals surface area (Å²) in [5.41, 5.74) is 7.10. The van der Waals surface area contributed by atoms with Crippen LogP contribution >= 0.6 is 0 Å². The molecule has 0 aliphatic carbocycles. The average Bonchev–Trinajstić information content (AvgIpc) is 2.40. The van der Waals surface area contributed by atoms with Gasteiger partial charge in [0.25, 0.3) is 0 Å². The molecule has 1 aromatic rings. The molecule has 0 aliphatic heterocycles. The van der Waals surface area contributed by atoms with Gasteiger partial charge in [-0.1, -0.05) is 5.11 Å². The predicted molar refractivity (Wildman–Crippen MR) is 60.7 cm³/mol. The molecule has 0 bridgehead atoms. The third-order valence-electron chi connectivity index (χ3n) is 2.48. The van der Waals surface area contributed by atoms with Crippen LogP contribution in [0.15, 0.2) is 17.2 Å². The molecule has 0 amide bonds. The van der Waals surface area contributed by atoms with Crippen LogP contribution < -0.4 is 0 Å². The molecule has 0 fully saturated rings. The molecule has 0 radical (unpaired) electrons. The molecule has 6 nitrogen and oxygen atoms in total. The van der Waals surface area contributed by atoms with Gasteiger partial charge in [-0.05, 0) is 24.1 Å². The number of aliphatic hydroxyl groups is 2. The number of hydrogen-bond acceptors (Lipinski definition) is 4. The molecule has 0 saturated heterocycles. The molecule has 0 heterocycles. The van der Waals surface area contributed by atoms with E-state index in [0.29, 0.717) is 12.1 Å². The summed E-state index contributed by atoms with van der Waals surface area (Å²) in [6.45, 7) is -0.0882. The second-order valence-electron chi connectivity index (χ2n) is 3.72. The summed E-state index contributed by atoms with van der Waals surface area (Å²) < 4.78 is 26.9. The first-order chi connectivity index (χ1) is 9.01. The molecule has 2 N–H and O–H groups in total. The number of nitrogens with zero attached hydrogens (tertiary/aromatic N) is 4. The van der Waals surface area contributed by atoms with Crippen molar-refractivity contribution in [1.29, 1.82) is 5.26 Å². The van der Waals surface area contributed by atoms with E-state index in [4.69, 9.17) is 10.8 Å². The third-order valence-corrected chi connectivity index (χ3v) is 2.48. The van der Waals surface area contributed by atoms with E-state index in [0.717, 1.165) is 0 Å². The largest absolute Gasteiger partial charge is 0.390 e. The van der Waals surface area contributed by atoms with Crippen molar-refractivity contribution in [2.45, 2.75) is 18.6 Å². The van der Waals surface area contributed by atoms with Gasteiger partial charge in [-0.15, -0.1) is 0 Å². The topological polar surface area (TPSA) is 113 Å². The number of aliphatic hydroxyl groups excluding tert-OH is 2. The van der Waals surface area contributed by atoms with Gasteiger partial charge in [0.2, 0.25) is 0 Å². The van der Waals surface area contributed by atoms with Crippen molar-refractivity contribution in [3.05, 3.63) is 45.3 Å². The van der Waals surface area contributed by atoms with Crippen LogP contribution in [0.4, 0.5) is 8.78 Å². The smallest absolute Gasteiger partial charge is 0.141 e. The molecule has 0 aliphatic rings. The Morgan fingerprint density at radius 1 is 1.37 bits per heavy atom. The Morgan fingerprint density at radius 3 is 2.63 bits per heavy atom. The number of nitriles is 1. The monoisotopic (exact) mass is 268 g/mol. The first-order valence-electron chi connectivity index (χ1n) is 5.27. The van der Waals surface area contributed by atoms with Crippen molar-refractivity contribution in [3.8, 4) is 6.07 Å². The van der Waals surface area contributed by atoms with Crippen molar-refractivity contribution < 1.29 is 19.0 Å². The van der Waals surface area contributed by atoms with Crippen LogP contribution in [0.25, 0.3) is 10.4 Å². The minimum Gasteiger partial charge on any atom is -0.390 e. The zero-order chi connectivity index (χ0) is 14.4. The fourth-order valence-electron chi connectivity index (χ4n) is 1.47. The summed E-state index contributed by atoms with van der Waals surface area (Å²) in [5, 5.41) is 30.9. The highest BCUT2D eigenvalue weighted by Crippen LogP contribution is 2.24. The molecule has 19 heavy (non-hydrogen) atoms. The van der Waals surface area contributed by atoms with E-state index in [1.807, 2.05) is 0 Å². The Kier molecular flexibility index (Phi) is 5.21. The van der Waals surface area contributed by atoms with E-state index >= 15 is 0 Å². The van der Waals surface area contributed by atoms with Gasteiger partial charge in [-0.25, -0.2) is 8.78 Å². The van der Waals surface area contributed by atoms with E-state index in [-0.39, 0.29) is 13.0 Å². The van der Waals surface area contributed by atoms with E-state index in [2.05, 4.69) is 10.0 Å². The molecule has 0 spiro atoms. The normalized spacial score (nSPS) is 13.2. The van der Waals surface area contributed by atoms with Gasteiger partial charge in [0, 0.05) is 17.0 Å². The molecule has 2 unspecified atom stereocenters. The van der Waals surface area contributed by atoms with Crippen molar-refractivity contribution in [2.75, 3.05) is 6.54 Å². The quantitative estimate of drug-likeness (QED) is 0.483. The summed E-state index contributed by atoms with van der Waals surface area (Å²) in [6.07, 6.45) is -3.18. The molecule has 0 aromatic heterocycles. The van der Waals surface area contributed by atoms with Gasteiger partial charge in [0.05, 0.1) is 11.7 Å². The molecule has 2 atom stereocenters. The summed E-state index contributed by atoms with van der Waals surface area (Å²) >= 11 is 0. The zero-order valence-corrected chi connectivity index (χ0v) is 9.66. The molecule has 100 valence electrons. The predicted octanol–water partition coefficient (Wildman–Crippen LogP) is 1.93. The van der Waals surface area contributed by atoms with Crippen LogP contribution in [0.1, 0.15) is 23.7 Å². The van der Waals surface area contributed by atoms with Crippen LogP contribution in [-0.2, 0) is 0 Å². The highest BCUT2D eigenvalue weighted by Gasteiger charge is 2.23. The van der Waals surface area contributed by atoms with Crippen LogP contribution in [0.3, 0.4) is 0 Å². The Morgan fingerprint density at radius 2 is 2.05 bits per heavy atom. The van der Waals surface area contributed by atoms with E-state index < -0.39 is 35.0 Å². The van der Waals surface area contributed by atoms with Gasteiger partial charge in [-0.2, -0.15) is 5.26 Å². The third kappa shape index (κ3) is 3.63. The average molecular weight is 268 g/mol. The van der Waals surface area contributed by atoms with Gasteiger partial charge >= 0.3 is 0 Å². The number of rotatable bonds is 5. The second-order valence-corrected chi connectivity index (χ2v) is 3.72. The van der Waals surface area contributed by atoms with E-state index in [9.17, 15) is 19.0 Å². The first kappa shape index (κ1) is 14.9. The minimum atomic E-state index is -1.67. The van der Waals surface area contributed by atoms with Crippen molar-refractivity contribution in [1.82, 2.24) is 0 Å². The Bertz CT molecular complexity index is 552. The van der Waals surface area contributed by atoms with Crippen molar-refractivity contribution in [3.63, 3.8) is 0 Å².